The van der Waals surface area contributed by atoms with Crippen LogP contribution >= 0.6 is 23.5 Å². The number of β-amino-alcohol motifs (C(OH)–C–C–N with tert-alkyl or cyclic N) is 1. The number of rotatable bonds is 8. The van der Waals surface area contributed by atoms with Crippen LogP contribution in [0.15, 0.2) is 130 Å². The number of aliphatic hydroxyl groups is 2. The monoisotopic (exact) mass is 880 g/mol. The third-order valence-electron chi connectivity index (χ3n) is 10.3. The Hall–Kier alpha value is -6.96. The van der Waals surface area contributed by atoms with Gasteiger partial charge in [0.05, 0.1) is 40.7 Å². The lowest BCUT2D eigenvalue weighted by Crippen LogP contribution is -2.21. The molecule has 2 saturated heterocycles. The van der Waals surface area contributed by atoms with Crippen molar-refractivity contribution in [3.8, 4) is 34.4 Å². The van der Waals surface area contributed by atoms with Crippen molar-refractivity contribution >= 4 is 46.2 Å². The number of halogens is 2. The van der Waals surface area contributed by atoms with Crippen LogP contribution in [0.3, 0.4) is 0 Å². The highest BCUT2D eigenvalue weighted by atomic mass is 32.2. The van der Waals surface area contributed by atoms with Gasteiger partial charge in [-0.25, -0.2) is 37.7 Å². The number of nitriles is 2. The molecule has 0 bridgehead atoms. The molecule has 1 atom stereocenters. The maximum atomic E-state index is 14.2. The lowest BCUT2D eigenvalue weighted by Gasteiger charge is -2.16. The van der Waals surface area contributed by atoms with E-state index in [1.165, 1.54) is 61.4 Å². The molecule has 2 aliphatic heterocycles. The van der Waals surface area contributed by atoms with Crippen LogP contribution in [-0.2, 0) is 0 Å². The molecule has 0 radical (unpaired) electrons. The zero-order valence-corrected chi connectivity index (χ0v) is 35.4. The van der Waals surface area contributed by atoms with Crippen LogP contribution in [0.4, 0.5) is 20.4 Å². The Kier molecular flexibility index (Phi) is 13.2. The van der Waals surface area contributed by atoms with Gasteiger partial charge in [-0.3, -0.25) is 0 Å². The van der Waals surface area contributed by atoms with Gasteiger partial charge >= 0.3 is 0 Å². The molecule has 8 aromatic rings. The highest BCUT2D eigenvalue weighted by molar-refractivity contribution is 7.99. The van der Waals surface area contributed by atoms with Crippen LogP contribution in [0.1, 0.15) is 30.4 Å². The molecule has 14 nitrogen and oxygen atoms in total. The summed E-state index contributed by atoms with van der Waals surface area (Å²) in [5.41, 5.74) is 5.60. The normalized spacial score (nSPS) is 14.5. The summed E-state index contributed by atoms with van der Waals surface area (Å²) in [6.45, 7) is 3.44. The molecule has 0 amide bonds. The van der Waals surface area contributed by atoms with E-state index in [4.69, 9.17) is 5.11 Å². The first-order chi connectivity index (χ1) is 30.8. The average Bonchev–Trinajstić information content (AvgIpc) is 4.17. The van der Waals surface area contributed by atoms with Gasteiger partial charge in [0.25, 0.3) is 0 Å². The maximum absolute atomic E-state index is 14.2. The van der Waals surface area contributed by atoms with Gasteiger partial charge in [0, 0.05) is 103 Å². The minimum absolute atomic E-state index is 0.229. The van der Waals surface area contributed by atoms with E-state index in [1.807, 2.05) is 55.0 Å². The Morgan fingerprint density at radius 3 is 1.54 bits per heavy atom. The molecule has 10 heterocycles. The zero-order chi connectivity index (χ0) is 43.9. The van der Waals surface area contributed by atoms with Crippen molar-refractivity contribution in [1.82, 2.24) is 39.2 Å². The number of hydrogen-bond acceptors (Lipinski definition) is 14. The summed E-state index contributed by atoms with van der Waals surface area (Å²) in [6.07, 6.45) is 16.2. The first-order valence-electron chi connectivity index (χ1n) is 19.8. The minimum atomic E-state index is -0.423. The molecule has 2 aliphatic rings. The second-order valence-electron chi connectivity index (χ2n) is 14.3. The molecule has 0 aromatic carbocycles. The van der Waals surface area contributed by atoms with Crippen LogP contribution in [0, 0.1) is 34.3 Å². The molecule has 0 aliphatic carbocycles. The number of aliphatic hydroxyl groups excluding tert-OH is 2. The third kappa shape index (κ3) is 9.30. The topological polar surface area (TPSA) is 181 Å². The van der Waals surface area contributed by atoms with Crippen LogP contribution in [0.5, 0.6) is 0 Å². The van der Waals surface area contributed by atoms with E-state index < -0.39 is 11.6 Å². The summed E-state index contributed by atoms with van der Waals surface area (Å²) in [7, 11) is 1.00. The molecule has 1 unspecified atom stereocenters. The van der Waals surface area contributed by atoms with Crippen LogP contribution in [0.25, 0.3) is 33.3 Å². The van der Waals surface area contributed by atoms with Gasteiger partial charge in [0.15, 0.2) is 11.6 Å². The van der Waals surface area contributed by atoms with Crippen LogP contribution < -0.4 is 9.80 Å². The number of pyridine rings is 6. The highest BCUT2D eigenvalue weighted by Crippen LogP contribution is 2.38. The lowest BCUT2D eigenvalue weighted by molar-refractivity contribution is 0.198. The molecular weight excluding hydrogens is 843 g/mol. The Balaban J connectivity index is 0.000000166. The van der Waals surface area contributed by atoms with Gasteiger partial charge in [-0.15, -0.1) is 0 Å². The summed E-state index contributed by atoms with van der Waals surface area (Å²) in [6, 6.07) is 21.9. The van der Waals surface area contributed by atoms with E-state index in [2.05, 4.69) is 52.1 Å². The molecule has 2 fully saturated rings. The van der Waals surface area contributed by atoms with E-state index in [0.717, 1.165) is 78.8 Å². The number of hydrogen-bond donors (Lipinski definition) is 2. The van der Waals surface area contributed by atoms with E-state index >= 15 is 0 Å². The second-order valence-corrected chi connectivity index (χ2v) is 16.4. The van der Waals surface area contributed by atoms with Gasteiger partial charge < -0.3 is 20.0 Å². The van der Waals surface area contributed by atoms with Crippen molar-refractivity contribution < 1.29 is 19.0 Å². The highest BCUT2D eigenvalue weighted by Gasteiger charge is 2.22. The molecule has 18 heteroatoms. The van der Waals surface area contributed by atoms with E-state index in [9.17, 15) is 24.4 Å². The predicted molar refractivity (Wildman–Crippen MR) is 235 cm³/mol. The largest absolute Gasteiger partial charge is 0.400 e. The maximum Gasteiger partial charge on any atom is 0.155 e. The van der Waals surface area contributed by atoms with Crippen LogP contribution in [-0.4, -0.2) is 88.8 Å². The summed E-state index contributed by atoms with van der Waals surface area (Å²) < 4.78 is 31.7. The van der Waals surface area contributed by atoms with Crippen molar-refractivity contribution in [2.75, 3.05) is 43.1 Å². The van der Waals surface area contributed by atoms with E-state index in [1.54, 1.807) is 27.5 Å². The van der Waals surface area contributed by atoms with Crippen molar-refractivity contribution in [3.05, 3.63) is 133 Å². The first-order valence-corrected chi connectivity index (χ1v) is 21.4. The summed E-state index contributed by atoms with van der Waals surface area (Å²) in [5, 5.41) is 44.8. The SMILES string of the molecule is CO.N#Cc1cnn2cc(-c3ccc(N4CCC(O)C4)nc3)cc(Sc3ncccc3F)c12.N#Cc1cnn2cc(-c3ccc(N4CCCC4)nc3)cc(Sc3ncccc3F)c12. The van der Waals surface area contributed by atoms with Gasteiger partial charge in [-0.1, -0.05) is 23.5 Å². The van der Waals surface area contributed by atoms with Crippen molar-refractivity contribution in [2.45, 2.75) is 45.2 Å². The standard InChI is InChI=1S/C22H17FN6OS.C22H17FN6S.CH4O/c23-18-2-1-6-25-22(18)31-19-8-15(12-29-21(19)16(9-24)11-27-29)14-3-4-20(26-10-14)28-7-5-17(30)13-28;23-18-4-3-7-25-22(18)30-19-10-16(14-29-21(19)17(11-24)13-27-29)15-5-6-20(26-12-15)28-8-1-2-9-28;1-2/h1-4,6,8,10-12,17,30H,5,7,13H2;3-7,10,12-14H,1-2,8-9H2;2H,1H3. The summed E-state index contributed by atoms with van der Waals surface area (Å²) in [5.74, 6) is 0.972. The predicted octanol–water partition coefficient (Wildman–Crippen LogP) is 7.69. The molecule has 8 aromatic heterocycles. The Labute approximate surface area is 369 Å². The number of anilines is 2. The van der Waals surface area contributed by atoms with E-state index in [0.29, 0.717) is 38.5 Å². The van der Waals surface area contributed by atoms with Gasteiger partial charge in [-0.05, 0) is 79.9 Å². The number of aromatic nitrogens is 8. The fraction of sp³-hybridized carbons (Fsp3) is 0.200. The van der Waals surface area contributed by atoms with Crippen molar-refractivity contribution in [3.63, 3.8) is 0 Å². The fourth-order valence-electron chi connectivity index (χ4n) is 7.29. The zero-order valence-electron chi connectivity index (χ0n) is 33.8. The molecule has 0 spiro atoms. The molecule has 316 valence electrons. The molecular formula is C45H38F2N12O2S2. The lowest BCUT2D eigenvalue weighted by atomic mass is 10.1. The second kappa shape index (κ2) is 19.4. The summed E-state index contributed by atoms with van der Waals surface area (Å²) in [4.78, 5) is 23.2. The Morgan fingerprint density at radius 1 is 0.635 bits per heavy atom. The molecule has 10 rings (SSSR count). The number of fused-ring (bicyclic) bond motifs is 2. The summed E-state index contributed by atoms with van der Waals surface area (Å²) >= 11 is 2.34. The Morgan fingerprint density at radius 2 is 1.13 bits per heavy atom. The van der Waals surface area contributed by atoms with Crippen LogP contribution in [0.2, 0.25) is 0 Å². The first kappa shape index (κ1) is 42.7. The quantitative estimate of drug-likeness (QED) is 0.152. The third-order valence-corrected chi connectivity index (χ3v) is 12.4. The minimum Gasteiger partial charge on any atom is -0.400 e. The molecule has 0 saturated carbocycles. The van der Waals surface area contributed by atoms with Gasteiger partial charge in [-0.2, -0.15) is 20.7 Å². The van der Waals surface area contributed by atoms with Crippen molar-refractivity contribution in [2.24, 2.45) is 0 Å². The fourth-order valence-corrected chi connectivity index (χ4v) is 9.24. The smallest absolute Gasteiger partial charge is 0.155 e. The molecule has 2 N–H and O–H groups in total. The van der Waals surface area contributed by atoms with Gasteiger partial charge in [0.2, 0.25) is 0 Å². The van der Waals surface area contributed by atoms with Crippen molar-refractivity contribution in [1.29, 1.82) is 10.5 Å². The van der Waals surface area contributed by atoms with E-state index in [-0.39, 0.29) is 16.2 Å². The number of nitrogens with zero attached hydrogens (tertiary/aromatic N) is 12. The Bertz CT molecular complexity index is 2960. The van der Waals surface area contributed by atoms with Gasteiger partial charge in [0.1, 0.15) is 33.8 Å². The molecule has 63 heavy (non-hydrogen) atoms. The average molecular weight is 881 g/mol.